The molecule has 118 valence electrons. The first-order valence-corrected chi connectivity index (χ1v) is 7.68. The quantitative estimate of drug-likeness (QED) is 0.827. The molecule has 4 heteroatoms. The van der Waals surface area contributed by atoms with Crippen molar-refractivity contribution in [3.05, 3.63) is 64.7 Å². The third-order valence-corrected chi connectivity index (χ3v) is 4.51. The zero-order chi connectivity index (χ0) is 16.6. The Labute approximate surface area is 135 Å². The summed E-state index contributed by atoms with van der Waals surface area (Å²) in [5.74, 6) is -0.926. The molecule has 23 heavy (non-hydrogen) atoms. The van der Waals surface area contributed by atoms with Gasteiger partial charge in [-0.05, 0) is 48.2 Å². The Morgan fingerprint density at radius 1 is 1.17 bits per heavy atom. The van der Waals surface area contributed by atoms with Gasteiger partial charge in [-0.3, -0.25) is 5.41 Å². The van der Waals surface area contributed by atoms with E-state index in [1.807, 2.05) is 56.3 Å². The Hall–Kier alpha value is -2.62. The number of hydrogen-bond acceptors (Lipinski definition) is 3. The first kappa shape index (κ1) is 15.3. The van der Waals surface area contributed by atoms with Crippen LogP contribution < -0.4 is 4.74 Å². The van der Waals surface area contributed by atoms with Crippen LogP contribution in [0.4, 0.5) is 0 Å². The van der Waals surface area contributed by atoms with E-state index in [0.717, 1.165) is 28.0 Å². The molecule has 2 aromatic rings. The summed E-state index contributed by atoms with van der Waals surface area (Å²) in [6.45, 7) is 4.54. The van der Waals surface area contributed by atoms with Crippen molar-refractivity contribution in [3.63, 3.8) is 0 Å². The molecule has 2 atom stereocenters. The zero-order valence-corrected chi connectivity index (χ0v) is 13.2. The molecule has 1 aliphatic carbocycles. The molecule has 0 spiro atoms. The van der Waals surface area contributed by atoms with Crippen LogP contribution in [0.25, 0.3) is 0 Å². The van der Waals surface area contributed by atoms with Crippen molar-refractivity contribution in [2.24, 2.45) is 0 Å². The van der Waals surface area contributed by atoms with Gasteiger partial charge in [0.25, 0.3) is 0 Å². The van der Waals surface area contributed by atoms with Crippen molar-refractivity contribution in [2.75, 3.05) is 6.61 Å². The summed E-state index contributed by atoms with van der Waals surface area (Å²) in [6, 6.07) is 13.6. The molecule has 0 radical (unpaired) electrons. The third-order valence-electron chi connectivity index (χ3n) is 4.51. The van der Waals surface area contributed by atoms with E-state index in [4.69, 9.17) is 10.1 Å². The van der Waals surface area contributed by atoms with E-state index in [1.165, 1.54) is 0 Å². The van der Waals surface area contributed by atoms with Crippen LogP contribution in [0.15, 0.2) is 42.5 Å². The van der Waals surface area contributed by atoms with Crippen LogP contribution in [-0.4, -0.2) is 23.4 Å². The summed E-state index contributed by atoms with van der Waals surface area (Å²) in [5, 5.41) is 17.4. The van der Waals surface area contributed by atoms with Gasteiger partial charge in [-0.15, -0.1) is 0 Å². The van der Waals surface area contributed by atoms with Crippen LogP contribution in [0, 0.1) is 12.3 Å². The summed E-state index contributed by atoms with van der Waals surface area (Å²) >= 11 is 0. The number of carboxylic acids is 1. The molecule has 2 aromatic carbocycles. The molecule has 0 heterocycles. The van der Waals surface area contributed by atoms with E-state index in [0.29, 0.717) is 6.61 Å². The van der Waals surface area contributed by atoms with Gasteiger partial charge in [0, 0.05) is 11.8 Å². The highest BCUT2D eigenvalue weighted by atomic mass is 16.5. The normalized spacial score (nSPS) is 18.7. The standard InChI is InChI=1S/C19H19NO3/c1-3-23-13-9-7-12(8-10-13)16-14-5-4-6-15(11(14)2)17(16)18(20)19(21)22/h4-10,16-17,20H,3H2,1-2H3,(H,21,22). The molecule has 2 N–H and O–H groups in total. The topological polar surface area (TPSA) is 70.4 Å². The molecule has 0 amide bonds. The SMILES string of the molecule is CCOc1ccc(C2c3cccc(c3C)C2C(=N)C(=O)O)cc1. The van der Waals surface area contributed by atoms with Crippen LogP contribution in [-0.2, 0) is 4.79 Å². The lowest BCUT2D eigenvalue weighted by Gasteiger charge is -2.21. The average Bonchev–Trinajstić information content (AvgIpc) is 2.70. The molecular formula is C19H19NO3. The zero-order valence-electron chi connectivity index (χ0n) is 13.2. The number of carbonyl (C=O) groups is 1. The average molecular weight is 309 g/mol. The number of ether oxygens (including phenoxy) is 1. The Balaban J connectivity index is 2.05. The summed E-state index contributed by atoms with van der Waals surface area (Å²) in [7, 11) is 0. The molecule has 0 aromatic heterocycles. The highest BCUT2D eigenvalue weighted by Gasteiger charge is 2.39. The minimum Gasteiger partial charge on any atom is -0.494 e. The second-order valence-electron chi connectivity index (χ2n) is 5.74. The van der Waals surface area contributed by atoms with E-state index < -0.39 is 11.9 Å². The van der Waals surface area contributed by atoms with E-state index in [-0.39, 0.29) is 11.6 Å². The maximum Gasteiger partial charge on any atom is 0.350 e. The first-order valence-electron chi connectivity index (χ1n) is 7.68. The Kier molecular flexibility index (Phi) is 3.90. The second kappa shape index (κ2) is 5.88. The van der Waals surface area contributed by atoms with E-state index in [1.54, 1.807) is 0 Å². The van der Waals surface area contributed by atoms with Crippen LogP contribution >= 0.6 is 0 Å². The molecule has 4 nitrogen and oxygen atoms in total. The van der Waals surface area contributed by atoms with E-state index >= 15 is 0 Å². The number of fused-ring (bicyclic) bond motifs is 2. The molecule has 2 unspecified atom stereocenters. The number of aliphatic carboxylic acids is 1. The van der Waals surface area contributed by atoms with E-state index in [9.17, 15) is 9.90 Å². The molecule has 0 aliphatic heterocycles. The van der Waals surface area contributed by atoms with Crippen LogP contribution in [0.1, 0.15) is 41.0 Å². The van der Waals surface area contributed by atoms with Gasteiger partial charge in [0.05, 0.1) is 6.61 Å². The molecule has 2 bridgehead atoms. The Bertz CT molecular complexity index is 765. The van der Waals surface area contributed by atoms with Crippen LogP contribution in [0.2, 0.25) is 0 Å². The number of benzene rings is 2. The third kappa shape index (κ3) is 2.50. The van der Waals surface area contributed by atoms with Crippen molar-refractivity contribution in [1.82, 2.24) is 0 Å². The molecule has 0 fully saturated rings. The number of hydrogen-bond donors (Lipinski definition) is 2. The smallest absolute Gasteiger partial charge is 0.350 e. The van der Waals surface area contributed by atoms with Crippen molar-refractivity contribution in [1.29, 1.82) is 5.41 Å². The summed E-state index contributed by atoms with van der Waals surface area (Å²) in [4.78, 5) is 11.4. The lowest BCUT2D eigenvalue weighted by Crippen LogP contribution is -2.24. The highest BCUT2D eigenvalue weighted by molar-refractivity contribution is 6.37. The van der Waals surface area contributed by atoms with E-state index in [2.05, 4.69) is 0 Å². The second-order valence-corrected chi connectivity index (χ2v) is 5.74. The number of nitrogens with one attached hydrogen (secondary N) is 1. The monoisotopic (exact) mass is 309 g/mol. The largest absolute Gasteiger partial charge is 0.494 e. The summed E-state index contributed by atoms with van der Waals surface area (Å²) < 4.78 is 5.47. The van der Waals surface area contributed by atoms with Gasteiger partial charge in [-0.1, -0.05) is 30.3 Å². The fraction of sp³-hybridized carbons (Fsp3) is 0.263. The van der Waals surface area contributed by atoms with Gasteiger partial charge >= 0.3 is 5.97 Å². The maximum absolute atomic E-state index is 11.4. The Morgan fingerprint density at radius 2 is 1.83 bits per heavy atom. The highest BCUT2D eigenvalue weighted by Crippen LogP contribution is 2.48. The van der Waals surface area contributed by atoms with Gasteiger partial charge in [-0.25, -0.2) is 4.79 Å². The van der Waals surface area contributed by atoms with Crippen LogP contribution in [0.5, 0.6) is 5.75 Å². The predicted molar refractivity (Wildman–Crippen MR) is 88.7 cm³/mol. The molecule has 0 saturated heterocycles. The minimum atomic E-state index is -1.16. The minimum absolute atomic E-state index is 0.126. The fourth-order valence-corrected chi connectivity index (χ4v) is 3.47. The van der Waals surface area contributed by atoms with Gasteiger partial charge in [0.15, 0.2) is 0 Å². The molecule has 1 aliphatic rings. The number of rotatable bonds is 5. The maximum atomic E-state index is 11.4. The fourth-order valence-electron chi connectivity index (χ4n) is 3.47. The van der Waals surface area contributed by atoms with Gasteiger partial charge < -0.3 is 9.84 Å². The number of carboxylic acid groups (broad SMARTS) is 1. The lowest BCUT2D eigenvalue weighted by molar-refractivity contribution is -0.129. The van der Waals surface area contributed by atoms with Crippen LogP contribution in [0.3, 0.4) is 0 Å². The molecule has 3 rings (SSSR count). The van der Waals surface area contributed by atoms with Gasteiger partial charge in [0.2, 0.25) is 0 Å². The van der Waals surface area contributed by atoms with Gasteiger partial charge in [-0.2, -0.15) is 0 Å². The molecule has 0 saturated carbocycles. The first-order chi connectivity index (χ1) is 11.0. The van der Waals surface area contributed by atoms with Gasteiger partial charge in [0.1, 0.15) is 11.5 Å². The summed E-state index contributed by atoms with van der Waals surface area (Å²) in [6.07, 6.45) is 0. The summed E-state index contributed by atoms with van der Waals surface area (Å²) in [5.41, 5.74) is 3.88. The van der Waals surface area contributed by atoms with Crippen molar-refractivity contribution < 1.29 is 14.6 Å². The molecular weight excluding hydrogens is 290 g/mol. The Morgan fingerprint density at radius 3 is 2.43 bits per heavy atom. The van der Waals surface area contributed by atoms with Crippen molar-refractivity contribution >= 4 is 11.7 Å². The van der Waals surface area contributed by atoms with Crippen molar-refractivity contribution in [3.8, 4) is 5.75 Å². The predicted octanol–water partition coefficient (Wildman–Crippen LogP) is 3.73. The lowest BCUT2D eigenvalue weighted by atomic mass is 9.82. The van der Waals surface area contributed by atoms with Crippen molar-refractivity contribution in [2.45, 2.75) is 25.7 Å².